The molecule has 0 radical (unpaired) electrons. The molecular weight excluding hydrogens is 555 g/mol. The average molecular weight is 597 g/mol. The van der Waals surface area contributed by atoms with Gasteiger partial charge in [0, 0.05) is 50.8 Å². The molecule has 2 aromatic heterocycles. The van der Waals surface area contributed by atoms with Crippen LogP contribution in [0, 0.1) is 5.82 Å². The maximum atomic E-state index is 14.3. The molecule has 0 bridgehead atoms. The SMILES string of the molecule is NC1CCC(n2c(=O)c3cc(F)cnc3n(-c3cccc(-c4ccc(CN5CCN(C6CCCC6)CC5)cc4)c3)c2=O)CC1. The molecule has 0 unspecified atom stereocenters. The van der Waals surface area contributed by atoms with Gasteiger partial charge in [-0.3, -0.25) is 19.2 Å². The first kappa shape index (κ1) is 29.1. The summed E-state index contributed by atoms with van der Waals surface area (Å²) in [6.07, 6.45) is 9.28. The maximum Gasteiger partial charge on any atom is 0.337 e. The van der Waals surface area contributed by atoms with Crippen molar-refractivity contribution in [2.45, 2.75) is 76.0 Å². The summed E-state index contributed by atoms with van der Waals surface area (Å²) in [5.74, 6) is -0.610. The maximum absolute atomic E-state index is 14.3. The molecule has 9 heteroatoms. The zero-order valence-electron chi connectivity index (χ0n) is 25.2. The minimum absolute atomic E-state index is 0.0682. The van der Waals surface area contributed by atoms with Crippen LogP contribution < -0.4 is 17.0 Å². The minimum Gasteiger partial charge on any atom is -0.328 e. The molecule has 4 aromatic rings. The lowest BCUT2D eigenvalue weighted by Gasteiger charge is -2.38. The average Bonchev–Trinajstić information content (AvgIpc) is 3.59. The molecule has 2 N–H and O–H groups in total. The van der Waals surface area contributed by atoms with Gasteiger partial charge in [-0.15, -0.1) is 0 Å². The lowest BCUT2D eigenvalue weighted by molar-refractivity contribution is 0.0937. The van der Waals surface area contributed by atoms with Crippen LogP contribution in [0.4, 0.5) is 4.39 Å². The van der Waals surface area contributed by atoms with Crippen molar-refractivity contribution in [3.8, 4) is 16.8 Å². The van der Waals surface area contributed by atoms with E-state index in [0.717, 1.165) is 68.9 Å². The lowest BCUT2D eigenvalue weighted by atomic mass is 9.91. The summed E-state index contributed by atoms with van der Waals surface area (Å²) in [5, 5.41) is 0.0957. The lowest BCUT2D eigenvalue weighted by Crippen LogP contribution is -2.49. The topological polar surface area (TPSA) is 89.4 Å². The molecule has 8 nitrogen and oxygen atoms in total. The quantitative estimate of drug-likeness (QED) is 0.342. The van der Waals surface area contributed by atoms with Crippen LogP contribution in [-0.4, -0.2) is 62.2 Å². The largest absolute Gasteiger partial charge is 0.337 e. The highest BCUT2D eigenvalue weighted by atomic mass is 19.1. The van der Waals surface area contributed by atoms with Crippen LogP contribution in [-0.2, 0) is 6.54 Å². The number of aromatic nitrogens is 3. The normalized spacial score (nSPS) is 22.1. The number of fused-ring (bicyclic) bond motifs is 1. The Bertz CT molecular complexity index is 1740. The van der Waals surface area contributed by atoms with E-state index in [-0.39, 0.29) is 23.1 Å². The van der Waals surface area contributed by atoms with E-state index in [9.17, 15) is 14.0 Å². The van der Waals surface area contributed by atoms with Crippen molar-refractivity contribution < 1.29 is 4.39 Å². The highest BCUT2D eigenvalue weighted by Gasteiger charge is 2.27. The van der Waals surface area contributed by atoms with Gasteiger partial charge in [0.25, 0.3) is 5.56 Å². The van der Waals surface area contributed by atoms with Crippen molar-refractivity contribution in [2.24, 2.45) is 5.73 Å². The summed E-state index contributed by atoms with van der Waals surface area (Å²) in [4.78, 5) is 37.0. The predicted octanol–water partition coefficient (Wildman–Crippen LogP) is 4.86. The molecule has 3 heterocycles. The Balaban J connectivity index is 1.15. The first-order valence-corrected chi connectivity index (χ1v) is 16.2. The van der Waals surface area contributed by atoms with Crippen LogP contribution in [0.5, 0.6) is 0 Å². The third-order valence-corrected chi connectivity index (χ3v) is 10.0. The molecule has 0 atom stereocenters. The summed E-state index contributed by atoms with van der Waals surface area (Å²) in [7, 11) is 0. The number of rotatable bonds is 6. The smallest absolute Gasteiger partial charge is 0.328 e. The van der Waals surface area contributed by atoms with E-state index >= 15 is 0 Å². The van der Waals surface area contributed by atoms with Crippen molar-refractivity contribution in [1.29, 1.82) is 0 Å². The van der Waals surface area contributed by atoms with E-state index in [0.29, 0.717) is 18.5 Å². The number of hydrogen-bond acceptors (Lipinski definition) is 6. The van der Waals surface area contributed by atoms with Gasteiger partial charge >= 0.3 is 5.69 Å². The molecule has 2 aliphatic carbocycles. The minimum atomic E-state index is -0.610. The second-order valence-corrected chi connectivity index (χ2v) is 12.9. The van der Waals surface area contributed by atoms with Gasteiger partial charge in [-0.25, -0.2) is 18.7 Å². The summed E-state index contributed by atoms with van der Waals surface area (Å²) < 4.78 is 17.1. The van der Waals surface area contributed by atoms with Crippen LogP contribution in [0.2, 0.25) is 0 Å². The van der Waals surface area contributed by atoms with E-state index < -0.39 is 17.1 Å². The first-order valence-electron chi connectivity index (χ1n) is 16.2. The Hall–Kier alpha value is -3.66. The Labute approximate surface area is 256 Å². The molecule has 3 aliphatic rings. The van der Waals surface area contributed by atoms with Gasteiger partial charge in [-0.05, 0) is 73.4 Å². The van der Waals surface area contributed by atoms with Gasteiger partial charge in [-0.2, -0.15) is 0 Å². The van der Waals surface area contributed by atoms with Gasteiger partial charge in [0.15, 0.2) is 5.65 Å². The Morgan fingerprint density at radius 3 is 2.27 bits per heavy atom. The van der Waals surface area contributed by atoms with Gasteiger partial charge in [0.1, 0.15) is 5.82 Å². The number of nitrogens with two attached hydrogens (primary N) is 1. The van der Waals surface area contributed by atoms with Crippen molar-refractivity contribution >= 4 is 11.0 Å². The third kappa shape index (κ3) is 5.76. The zero-order valence-corrected chi connectivity index (χ0v) is 25.2. The van der Waals surface area contributed by atoms with E-state index in [2.05, 4.69) is 39.0 Å². The third-order valence-electron chi connectivity index (χ3n) is 10.0. The monoisotopic (exact) mass is 596 g/mol. The van der Waals surface area contributed by atoms with Crippen LogP contribution >= 0.6 is 0 Å². The van der Waals surface area contributed by atoms with Crippen molar-refractivity contribution in [2.75, 3.05) is 26.2 Å². The number of nitrogens with zero attached hydrogens (tertiary/aromatic N) is 5. The van der Waals surface area contributed by atoms with E-state index in [4.69, 9.17) is 5.73 Å². The molecule has 2 aromatic carbocycles. The van der Waals surface area contributed by atoms with Crippen molar-refractivity contribution in [3.63, 3.8) is 0 Å². The molecule has 3 fully saturated rings. The highest BCUT2D eigenvalue weighted by molar-refractivity contribution is 5.76. The molecule has 2 saturated carbocycles. The second-order valence-electron chi connectivity index (χ2n) is 12.9. The molecule has 44 heavy (non-hydrogen) atoms. The molecule has 230 valence electrons. The summed E-state index contributed by atoms with van der Waals surface area (Å²) in [6.45, 7) is 5.48. The first-order chi connectivity index (χ1) is 21.4. The molecule has 0 amide bonds. The molecular formula is C35H41FN6O2. The fourth-order valence-electron chi connectivity index (χ4n) is 7.54. The number of pyridine rings is 1. The zero-order chi connectivity index (χ0) is 30.2. The standard InChI is InChI=1S/C35H41FN6O2/c36-27-21-32-33(38-22-27)41(35(44)42(34(32)43)30-14-12-28(37)13-15-30)31-7-3-4-26(20-31)25-10-8-24(9-11-25)23-39-16-18-40(19-17-39)29-5-1-2-6-29/h3-4,7-11,20-22,28-30H,1-2,5-6,12-19,23,37H2. The van der Waals surface area contributed by atoms with Crippen LogP contribution in [0.3, 0.4) is 0 Å². The fraction of sp³-hybridized carbons (Fsp3) is 0.457. The van der Waals surface area contributed by atoms with Crippen LogP contribution in [0.15, 0.2) is 70.4 Å². The second kappa shape index (κ2) is 12.4. The van der Waals surface area contributed by atoms with E-state index in [1.165, 1.54) is 46.4 Å². The Morgan fingerprint density at radius 2 is 1.55 bits per heavy atom. The molecule has 1 aliphatic heterocycles. The van der Waals surface area contributed by atoms with Gasteiger partial charge < -0.3 is 5.73 Å². The predicted molar refractivity (Wildman–Crippen MR) is 172 cm³/mol. The highest BCUT2D eigenvalue weighted by Crippen LogP contribution is 2.28. The molecule has 7 rings (SSSR count). The van der Waals surface area contributed by atoms with Gasteiger partial charge in [0.2, 0.25) is 0 Å². The van der Waals surface area contributed by atoms with Crippen molar-refractivity contribution in [1.82, 2.24) is 23.9 Å². The van der Waals surface area contributed by atoms with Crippen LogP contribution in [0.25, 0.3) is 27.8 Å². The molecule has 0 spiro atoms. The summed E-state index contributed by atoms with van der Waals surface area (Å²) in [6, 6.07) is 18.1. The summed E-state index contributed by atoms with van der Waals surface area (Å²) in [5.41, 5.74) is 9.16. The number of hydrogen-bond donors (Lipinski definition) is 1. The van der Waals surface area contributed by atoms with Gasteiger partial charge in [0.05, 0.1) is 17.3 Å². The number of halogens is 1. The molecule has 1 saturated heterocycles. The Kier molecular flexibility index (Phi) is 8.18. The van der Waals surface area contributed by atoms with E-state index in [1.54, 1.807) is 0 Å². The van der Waals surface area contributed by atoms with E-state index in [1.807, 2.05) is 24.3 Å². The van der Waals surface area contributed by atoms with Crippen molar-refractivity contribution in [3.05, 3.63) is 93.0 Å². The van der Waals surface area contributed by atoms with Crippen LogP contribution in [0.1, 0.15) is 63.0 Å². The Morgan fingerprint density at radius 1 is 0.818 bits per heavy atom. The summed E-state index contributed by atoms with van der Waals surface area (Å²) >= 11 is 0. The van der Waals surface area contributed by atoms with Gasteiger partial charge in [-0.1, -0.05) is 49.2 Å². The number of piperazine rings is 1. The fourth-order valence-corrected chi connectivity index (χ4v) is 7.54. The number of benzene rings is 2.